The van der Waals surface area contributed by atoms with Gasteiger partial charge >= 0.3 is 0 Å². The molecule has 2 aliphatic rings. The van der Waals surface area contributed by atoms with Crippen molar-refractivity contribution in [2.24, 2.45) is 5.41 Å². The SMILES string of the molecule is O=C(Nc1ccc(NC(=O)c2nc[nH]c2C(=O)N2CC3(COC3)C2)cc1)c1ccc(F)cc1. The van der Waals surface area contributed by atoms with Crippen LogP contribution in [0.1, 0.15) is 31.3 Å². The van der Waals surface area contributed by atoms with Crippen molar-refractivity contribution in [2.45, 2.75) is 0 Å². The second-order valence-corrected chi connectivity index (χ2v) is 8.27. The van der Waals surface area contributed by atoms with Gasteiger partial charge in [-0.1, -0.05) is 0 Å². The van der Waals surface area contributed by atoms with Gasteiger partial charge in [-0.15, -0.1) is 0 Å². The number of carbonyl (C=O) groups is 3. The van der Waals surface area contributed by atoms with Gasteiger partial charge in [0, 0.05) is 30.0 Å². The van der Waals surface area contributed by atoms with Gasteiger partial charge in [0.2, 0.25) is 0 Å². The summed E-state index contributed by atoms with van der Waals surface area (Å²) < 4.78 is 18.2. The highest BCUT2D eigenvalue weighted by Crippen LogP contribution is 2.38. The summed E-state index contributed by atoms with van der Waals surface area (Å²) in [5, 5.41) is 5.41. The van der Waals surface area contributed by atoms with Crippen molar-refractivity contribution in [3.05, 3.63) is 77.6 Å². The van der Waals surface area contributed by atoms with Gasteiger partial charge in [-0.3, -0.25) is 14.4 Å². The Labute approximate surface area is 188 Å². The van der Waals surface area contributed by atoms with Gasteiger partial charge in [0.15, 0.2) is 5.69 Å². The third-order valence-corrected chi connectivity index (χ3v) is 5.73. The predicted octanol–water partition coefficient (Wildman–Crippen LogP) is 2.53. The summed E-state index contributed by atoms with van der Waals surface area (Å²) in [6.45, 7) is 2.54. The van der Waals surface area contributed by atoms with Crippen molar-refractivity contribution < 1.29 is 23.5 Å². The zero-order valence-electron chi connectivity index (χ0n) is 17.4. The normalized spacial score (nSPS) is 16.0. The predicted molar refractivity (Wildman–Crippen MR) is 116 cm³/mol. The van der Waals surface area contributed by atoms with Gasteiger partial charge < -0.3 is 25.3 Å². The number of halogens is 1. The molecule has 3 N–H and O–H groups in total. The first-order valence-electron chi connectivity index (χ1n) is 10.3. The Morgan fingerprint density at radius 3 is 2.12 bits per heavy atom. The number of aromatic nitrogens is 2. The monoisotopic (exact) mass is 449 g/mol. The number of rotatable bonds is 5. The molecule has 2 aliphatic heterocycles. The van der Waals surface area contributed by atoms with E-state index in [2.05, 4.69) is 20.6 Å². The molecule has 0 bridgehead atoms. The number of imidazole rings is 1. The van der Waals surface area contributed by atoms with Crippen LogP contribution >= 0.6 is 0 Å². The molecule has 5 rings (SSSR count). The molecule has 1 spiro atoms. The summed E-state index contributed by atoms with van der Waals surface area (Å²) >= 11 is 0. The average Bonchev–Trinajstić information content (AvgIpc) is 3.23. The lowest BCUT2D eigenvalue weighted by atomic mass is 9.78. The minimum atomic E-state index is -0.523. The van der Waals surface area contributed by atoms with E-state index in [1.54, 1.807) is 29.2 Å². The molecule has 2 aromatic carbocycles. The van der Waals surface area contributed by atoms with Crippen molar-refractivity contribution in [3.63, 3.8) is 0 Å². The number of nitrogens with one attached hydrogen (secondary N) is 3. The van der Waals surface area contributed by atoms with Crippen molar-refractivity contribution in [1.29, 1.82) is 0 Å². The molecule has 9 nitrogen and oxygen atoms in total. The van der Waals surface area contributed by atoms with Gasteiger partial charge in [0.25, 0.3) is 17.7 Å². The van der Waals surface area contributed by atoms with Crippen LogP contribution in [0.5, 0.6) is 0 Å². The van der Waals surface area contributed by atoms with Crippen LogP contribution < -0.4 is 10.6 Å². The van der Waals surface area contributed by atoms with E-state index < -0.39 is 11.7 Å². The molecule has 2 saturated heterocycles. The van der Waals surface area contributed by atoms with E-state index in [0.29, 0.717) is 43.2 Å². The largest absolute Gasteiger partial charge is 0.380 e. The molecule has 0 unspecified atom stereocenters. The number of H-pyrrole nitrogens is 1. The van der Waals surface area contributed by atoms with Crippen LogP contribution in [-0.2, 0) is 4.74 Å². The van der Waals surface area contributed by atoms with Crippen molar-refractivity contribution >= 4 is 29.1 Å². The number of nitrogens with zero attached hydrogens (tertiary/aromatic N) is 2. The maximum Gasteiger partial charge on any atom is 0.276 e. The number of ether oxygens (including phenoxy) is 1. The third kappa shape index (κ3) is 4.08. The second kappa shape index (κ2) is 8.14. The zero-order valence-corrected chi connectivity index (χ0v) is 17.4. The summed E-state index contributed by atoms with van der Waals surface area (Å²) in [5.41, 5.74) is 1.53. The highest BCUT2D eigenvalue weighted by atomic mass is 19.1. The summed E-state index contributed by atoms with van der Waals surface area (Å²) in [5.74, 6) is -1.60. The zero-order chi connectivity index (χ0) is 23.0. The molecule has 0 aliphatic carbocycles. The standard InChI is InChI=1S/C23H20FN5O4/c24-15-3-1-14(2-4-15)20(30)27-16-5-7-17(8-6-16)28-21(31)18-19(26-13-25-18)22(32)29-9-23(10-29)11-33-12-23/h1-8,13H,9-12H2,(H,25,26)(H,27,30)(H,28,31). The van der Waals surface area contributed by atoms with E-state index in [4.69, 9.17) is 4.74 Å². The van der Waals surface area contributed by atoms with E-state index in [-0.39, 0.29) is 28.6 Å². The number of amides is 3. The number of benzene rings is 2. The van der Waals surface area contributed by atoms with Crippen molar-refractivity contribution in [2.75, 3.05) is 36.9 Å². The fourth-order valence-corrected chi connectivity index (χ4v) is 3.90. The van der Waals surface area contributed by atoms with Crippen LogP contribution in [0.4, 0.5) is 15.8 Å². The number of aromatic amines is 1. The Hall–Kier alpha value is -4.05. The maximum atomic E-state index is 13.0. The molecule has 0 radical (unpaired) electrons. The average molecular weight is 449 g/mol. The van der Waals surface area contributed by atoms with Crippen LogP contribution in [0.15, 0.2) is 54.9 Å². The van der Waals surface area contributed by atoms with E-state index in [1.165, 1.54) is 30.6 Å². The number of hydrogen-bond acceptors (Lipinski definition) is 5. The molecule has 3 amide bonds. The summed E-state index contributed by atoms with van der Waals surface area (Å²) in [7, 11) is 0. The third-order valence-electron chi connectivity index (χ3n) is 5.73. The first-order valence-corrected chi connectivity index (χ1v) is 10.3. The fourth-order valence-electron chi connectivity index (χ4n) is 3.90. The van der Waals surface area contributed by atoms with E-state index in [9.17, 15) is 18.8 Å². The number of hydrogen-bond donors (Lipinski definition) is 3. The van der Waals surface area contributed by atoms with Crippen LogP contribution in [-0.4, -0.2) is 58.9 Å². The van der Waals surface area contributed by atoms with E-state index >= 15 is 0 Å². The van der Waals surface area contributed by atoms with Crippen molar-refractivity contribution in [1.82, 2.24) is 14.9 Å². The highest BCUT2D eigenvalue weighted by Gasteiger charge is 2.51. The van der Waals surface area contributed by atoms with Gasteiger partial charge in [-0.2, -0.15) is 0 Å². The molecule has 3 heterocycles. The van der Waals surface area contributed by atoms with Gasteiger partial charge in [-0.25, -0.2) is 9.37 Å². The van der Waals surface area contributed by atoms with E-state index in [0.717, 1.165) is 0 Å². The molecule has 1 aromatic heterocycles. The number of likely N-dealkylation sites (tertiary alicyclic amines) is 1. The van der Waals surface area contributed by atoms with Crippen molar-refractivity contribution in [3.8, 4) is 0 Å². The molecule has 33 heavy (non-hydrogen) atoms. The van der Waals surface area contributed by atoms with Crippen LogP contribution in [0, 0.1) is 11.2 Å². The Morgan fingerprint density at radius 2 is 1.55 bits per heavy atom. The molecule has 0 atom stereocenters. The van der Waals surface area contributed by atoms with Gasteiger partial charge in [0.1, 0.15) is 11.5 Å². The molecular weight excluding hydrogens is 429 g/mol. The maximum absolute atomic E-state index is 13.0. The first kappa shape index (κ1) is 20.8. The summed E-state index contributed by atoms with van der Waals surface area (Å²) in [6.07, 6.45) is 1.32. The Morgan fingerprint density at radius 1 is 0.939 bits per heavy atom. The lowest BCUT2D eigenvalue weighted by molar-refractivity contribution is -0.176. The minimum Gasteiger partial charge on any atom is -0.380 e. The summed E-state index contributed by atoms with van der Waals surface area (Å²) in [6, 6.07) is 11.7. The van der Waals surface area contributed by atoms with Crippen LogP contribution in [0.3, 0.4) is 0 Å². The lowest BCUT2D eigenvalue weighted by Crippen LogP contribution is -2.67. The smallest absolute Gasteiger partial charge is 0.276 e. The van der Waals surface area contributed by atoms with Crippen LogP contribution in [0.2, 0.25) is 0 Å². The fraction of sp³-hybridized carbons (Fsp3) is 0.217. The number of carbonyl (C=O) groups excluding carboxylic acids is 3. The van der Waals surface area contributed by atoms with Crippen LogP contribution in [0.25, 0.3) is 0 Å². The Kier molecular flexibility index (Phi) is 5.14. The number of anilines is 2. The van der Waals surface area contributed by atoms with Gasteiger partial charge in [0.05, 0.1) is 25.0 Å². The minimum absolute atomic E-state index is 0.0134. The molecule has 168 valence electrons. The molecule has 10 heteroatoms. The highest BCUT2D eigenvalue weighted by molar-refractivity contribution is 6.10. The van der Waals surface area contributed by atoms with Gasteiger partial charge in [-0.05, 0) is 48.5 Å². The van der Waals surface area contributed by atoms with E-state index in [1.807, 2.05) is 0 Å². The topological polar surface area (TPSA) is 116 Å². The molecule has 0 saturated carbocycles. The lowest BCUT2D eigenvalue weighted by Gasteiger charge is -2.54. The second-order valence-electron chi connectivity index (χ2n) is 8.27. The summed E-state index contributed by atoms with van der Waals surface area (Å²) in [4.78, 5) is 46.2. The Bertz CT molecular complexity index is 1210. The molecular formula is C23H20FN5O4. The molecule has 3 aromatic rings. The molecule has 2 fully saturated rings. The Balaban J connectivity index is 1.20. The quantitative estimate of drug-likeness (QED) is 0.554. The first-order chi connectivity index (χ1) is 15.9.